The van der Waals surface area contributed by atoms with Crippen LogP contribution in [0.3, 0.4) is 0 Å². The largest absolute Gasteiger partial charge is 0.382 e. The second-order valence-electron chi connectivity index (χ2n) is 4.14. The first-order valence-corrected chi connectivity index (χ1v) is 4.72. The SMILES string of the molecule is CC(C)(CNC(=O)c1cc(N)n[nH]1)C(N)=O. The first-order valence-electron chi connectivity index (χ1n) is 4.72. The second-order valence-corrected chi connectivity index (χ2v) is 4.14. The minimum absolute atomic E-state index is 0.153. The van der Waals surface area contributed by atoms with Gasteiger partial charge in [-0.1, -0.05) is 0 Å². The number of hydrogen-bond donors (Lipinski definition) is 4. The number of aromatic amines is 1. The van der Waals surface area contributed by atoms with Gasteiger partial charge in [0, 0.05) is 12.6 Å². The number of carbonyl (C=O) groups excluding carboxylic acids is 2. The van der Waals surface area contributed by atoms with Crippen molar-refractivity contribution >= 4 is 17.6 Å². The molecule has 0 aliphatic carbocycles. The van der Waals surface area contributed by atoms with E-state index in [-0.39, 0.29) is 24.0 Å². The van der Waals surface area contributed by atoms with Crippen molar-refractivity contribution in [3.05, 3.63) is 11.8 Å². The van der Waals surface area contributed by atoms with Gasteiger partial charge in [0.1, 0.15) is 11.5 Å². The Hall–Kier alpha value is -2.05. The molecule has 7 heteroatoms. The highest BCUT2D eigenvalue weighted by molar-refractivity contribution is 5.93. The summed E-state index contributed by atoms with van der Waals surface area (Å²) < 4.78 is 0. The van der Waals surface area contributed by atoms with Crippen LogP contribution < -0.4 is 16.8 Å². The lowest BCUT2D eigenvalue weighted by Crippen LogP contribution is -2.42. The van der Waals surface area contributed by atoms with Crippen molar-refractivity contribution in [1.29, 1.82) is 0 Å². The number of carbonyl (C=O) groups is 2. The molecule has 88 valence electrons. The van der Waals surface area contributed by atoms with Crippen LogP contribution in [0.5, 0.6) is 0 Å². The van der Waals surface area contributed by atoms with Crippen molar-refractivity contribution in [1.82, 2.24) is 15.5 Å². The lowest BCUT2D eigenvalue weighted by atomic mass is 9.93. The van der Waals surface area contributed by atoms with Gasteiger partial charge in [-0.15, -0.1) is 0 Å². The number of rotatable bonds is 4. The van der Waals surface area contributed by atoms with Gasteiger partial charge < -0.3 is 16.8 Å². The Morgan fingerprint density at radius 2 is 2.19 bits per heavy atom. The molecule has 7 nitrogen and oxygen atoms in total. The number of H-pyrrole nitrogens is 1. The zero-order chi connectivity index (χ0) is 12.3. The van der Waals surface area contributed by atoms with Gasteiger partial charge >= 0.3 is 0 Å². The van der Waals surface area contributed by atoms with Gasteiger partial charge in [-0.3, -0.25) is 14.7 Å². The van der Waals surface area contributed by atoms with E-state index in [1.165, 1.54) is 6.07 Å². The van der Waals surface area contributed by atoms with E-state index in [1.54, 1.807) is 13.8 Å². The van der Waals surface area contributed by atoms with E-state index in [0.717, 1.165) is 0 Å². The summed E-state index contributed by atoms with van der Waals surface area (Å²) in [6, 6.07) is 1.41. The molecule has 0 saturated heterocycles. The highest BCUT2D eigenvalue weighted by Crippen LogP contribution is 2.12. The molecule has 6 N–H and O–H groups in total. The third kappa shape index (κ3) is 2.72. The highest BCUT2D eigenvalue weighted by atomic mass is 16.2. The number of nitrogens with zero attached hydrogens (tertiary/aromatic N) is 1. The molecule has 0 radical (unpaired) electrons. The molecule has 1 rings (SSSR count). The van der Waals surface area contributed by atoms with Crippen LogP contribution in [0.15, 0.2) is 6.07 Å². The number of nitrogens with one attached hydrogen (secondary N) is 2. The second kappa shape index (κ2) is 4.21. The van der Waals surface area contributed by atoms with E-state index in [4.69, 9.17) is 11.5 Å². The Morgan fingerprint density at radius 1 is 1.56 bits per heavy atom. The van der Waals surface area contributed by atoms with Crippen LogP contribution in [-0.4, -0.2) is 28.6 Å². The van der Waals surface area contributed by atoms with Crippen LogP contribution in [0.25, 0.3) is 0 Å². The molecule has 0 unspecified atom stereocenters. The van der Waals surface area contributed by atoms with Crippen molar-refractivity contribution in [2.75, 3.05) is 12.3 Å². The summed E-state index contributed by atoms with van der Waals surface area (Å²) >= 11 is 0. The zero-order valence-corrected chi connectivity index (χ0v) is 9.20. The van der Waals surface area contributed by atoms with Crippen LogP contribution in [0.2, 0.25) is 0 Å². The quantitative estimate of drug-likeness (QED) is 0.536. The van der Waals surface area contributed by atoms with Crippen molar-refractivity contribution in [3.63, 3.8) is 0 Å². The highest BCUT2D eigenvalue weighted by Gasteiger charge is 2.25. The van der Waals surface area contributed by atoms with Crippen molar-refractivity contribution in [2.24, 2.45) is 11.1 Å². The number of hydrogen-bond acceptors (Lipinski definition) is 4. The number of primary amides is 1. The molecular weight excluding hydrogens is 210 g/mol. The third-order valence-corrected chi connectivity index (χ3v) is 2.20. The van der Waals surface area contributed by atoms with Gasteiger partial charge in [-0.25, -0.2) is 0 Å². The van der Waals surface area contributed by atoms with E-state index in [0.29, 0.717) is 0 Å². The van der Waals surface area contributed by atoms with Crippen molar-refractivity contribution in [2.45, 2.75) is 13.8 Å². The van der Waals surface area contributed by atoms with Gasteiger partial charge in [-0.2, -0.15) is 5.10 Å². The average molecular weight is 225 g/mol. The Kier molecular flexibility index (Phi) is 3.17. The number of anilines is 1. The van der Waals surface area contributed by atoms with Crippen molar-refractivity contribution < 1.29 is 9.59 Å². The van der Waals surface area contributed by atoms with Crippen LogP contribution >= 0.6 is 0 Å². The van der Waals surface area contributed by atoms with E-state index in [1.807, 2.05) is 0 Å². The van der Waals surface area contributed by atoms with Crippen LogP contribution in [0.4, 0.5) is 5.82 Å². The van der Waals surface area contributed by atoms with Crippen LogP contribution in [0.1, 0.15) is 24.3 Å². The fourth-order valence-corrected chi connectivity index (χ4v) is 0.937. The molecular formula is C9H15N5O2. The number of amides is 2. The molecule has 1 aromatic heterocycles. The molecule has 1 aromatic rings. The average Bonchev–Trinajstić information content (AvgIpc) is 2.61. The summed E-state index contributed by atoms with van der Waals surface area (Å²) in [6.07, 6.45) is 0. The van der Waals surface area contributed by atoms with Gasteiger partial charge in [-0.05, 0) is 13.8 Å². The van der Waals surface area contributed by atoms with E-state index >= 15 is 0 Å². The predicted octanol–water partition coefficient (Wildman–Crippen LogP) is -0.767. The Bertz CT molecular complexity index is 410. The molecule has 0 atom stereocenters. The molecule has 2 amide bonds. The summed E-state index contributed by atoms with van der Waals surface area (Å²) in [7, 11) is 0. The topological polar surface area (TPSA) is 127 Å². The van der Waals surface area contributed by atoms with E-state index < -0.39 is 11.3 Å². The Balaban J connectivity index is 2.57. The van der Waals surface area contributed by atoms with Crippen molar-refractivity contribution in [3.8, 4) is 0 Å². The lowest BCUT2D eigenvalue weighted by Gasteiger charge is -2.20. The maximum Gasteiger partial charge on any atom is 0.269 e. The smallest absolute Gasteiger partial charge is 0.269 e. The molecule has 1 heterocycles. The third-order valence-electron chi connectivity index (χ3n) is 2.20. The molecule has 0 aliphatic rings. The fraction of sp³-hybridized carbons (Fsp3) is 0.444. The normalized spacial score (nSPS) is 11.1. The molecule has 0 bridgehead atoms. The zero-order valence-electron chi connectivity index (χ0n) is 9.20. The molecule has 0 saturated carbocycles. The summed E-state index contributed by atoms with van der Waals surface area (Å²) in [5.74, 6) is -0.616. The maximum absolute atomic E-state index is 11.5. The lowest BCUT2D eigenvalue weighted by molar-refractivity contribution is -0.125. The monoisotopic (exact) mass is 225 g/mol. The molecule has 16 heavy (non-hydrogen) atoms. The Labute approximate surface area is 92.6 Å². The standard InChI is InChI=1S/C9H15N5O2/c1-9(2,8(11)16)4-12-7(15)5-3-6(10)14-13-5/h3H,4H2,1-2H3,(H2,11,16)(H,12,15)(H3,10,13,14). The van der Waals surface area contributed by atoms with Crippen LogP contribution in [0, 0.1) is 5.41 Å². The molecule has 0 fully saturated rings. The summed E-state index contributed by atoms with van der Waals surface area (Å²) in [4.78, 5) is 22.5. The summed E-state index contributed by atoms with van der Waals surface area (Å²) in [5, 5.41) is 8.65. The van der Waals surface area contributed by atoms with E-state index in [9.17, 15) is 9.59 Å². The molecule has 0 aliphatic heterocycles. The van der Waals surface area contributed by atoms with Gasteiger partial charge in [0.25, 0.3) is 5.91 Å². The van der Waals surface area contributed by atoms with E-state index in [2.05, 4.69) is 15.5 Å². The predicted molar refractivity (Wildman–Crippen MR) is 58.3 cm³/mol. The van der Waals surface area contributed by atoms with Gasteiger partial charge in [0.15, 0.2) is 0 Å². The minimum atomic E-state index is -0.790. The molecule has 0 spiro atoms. The maximum atomic E-state index is 11.5. The summed E-state index contributed by atoms with van der Waals surface area (Å²) in [5.41, 5.74) is 9.98. The van der Waals surface area contributed by atoms with Crippen LogP contribution in [-0.2, 0) is 4.79 Å². The van der Waals surface area contributed by atoms with Gasteiger partial charge in [0.05, 0.1) is 5.41 Å². The molecule has 0 aromatic carbocycles. The summed E-state index contributed by atoms with van der Waals surface area (Å²) in [6.45, 7) is 3.45. The fourth-order valence-electron chi connectivity index (χ4n) is 0.937. The van der Waals surface area contributed by atoms with Gasteiger partial charge in [0.2, 0.25) is 5.91 Å². The first kappa shape index (κ1) is 12.0. The Morgan fingerprint density at radius 3 is 2.62 bits per heavy atom. The number of aromatic nitrogens is 2. The first-order chi connectivity index (χ1) is 7.33. The minimum Gasteiger partial charge on any atom is -0.382 e. The number of nitrogen functional groups attached to an aromatic ring is 1. The number of nitrogens with two attached hydrogens (primary N) is 2.